The number of ether oxygens (including phenoxy) is 2. The number of rotatable bonds is 8. The molecule has 0 aliphatic rings. The quantitative estimate of drug-likeness (QED) is 0.785. The van der Waals surface area contributed by atoms with E-state index in [1.54, 1.807) is 7.11 Å². The first-order valence-corrected chi connectivity index (χ1v) is 8.59. The van der Waals surface area contributed by atoms with Crippen molar-refractivity contribution in [2.45, 2.75) is 33.1 Å². The minimum Gasteiger partial charge on any atom is -0.497 e. The second kappa shape index (κ2) is 8.74. The van der Waals surface area contributed by atoms with E-state index in [0.717, 1.165) is 24.5 Å². The summed E-state index contributed by atoms with van der Waals surface area (Å²) in [6.07, 6.45) is 0.905. The van der Waals surface area contributed by atoms with Gasteiger partial charge in [-0.1, -0.05) is 32.0 Å². The van der Waals surface area contributed by atoms with Gasteiger partial charge in [-0.05, 0) is 66.8 Å². The van der Waals surface area contributed by atoms with Crippen LogP contribution in [0.25, 0.3) is 0 Å². The number of benzene rings is 2. The van der Waals surface area contributed by atoms with Crippen molar-refractivity contribution >= 4 is 0 Å². The molecule has 24 heavy (non-hydrogen) atoms. The largest absolute Gasteiger partial charge is 0.497 e. The van der Waals surface area contributed by atoms with Crippen molar-refractivity contribution in [3.8, 4) is 11.5 Å². The Balaban J connectivity index is 2.14. The van der Waals surface area contributed by atoms with Crippen LogP contribution in [0.1, 0.15) is 36.5 Å². The molecule has 0 aromatic heterocycles. The van der Waals surface area contributed by atoms with Gasteiger partial charge in [-0.2, -0.15) is 0 Å². The van der Waals surface area contributed by atoms with Crippen molar-refractivity contribution in [1.29, 1.82) is 0 Å². The van der Waals surface area contributed by atoms with Gasteiger partial charge in [0.25, 0.3) is 0 Å². The third-order valence-electron chi connectivity index (χ3n) is 4.17. The summed E-state index contributed by atoms with van der Waals surface area (Å²) in [6, 6.07) is 14.5. The first-order valence-electron chi connectivity index (χ1n) is 8.59. The number of aryl methyl sites for hydroxylation is 1. The molecule has 0 amide bonds. The van der Waals surface area contributed by atoms with Crippen LogP contribution in [0.15, 0.2) is 42.5 Å². The van der Waals surface area contributed by atoms with Crippen molar-refractivity contribution in [1.82, 2.24) is 0 Å². The molecule has 0 saturated heterocycles. The van der Waals surface area contributed by atoms with E-state index in [9.17, 15) is 0 Å². The van der Waals surface area contributed by atoms with Crippen molar-refractivity contribution in [2.24, 2.45) is 11.7 Å². The van der Waals surface area contributed by atoms with E-state index in [4.69, 9.17) is 15.2 Å². The third kappa shape index (κ3) is 5.00. The van der Waals surface area contributed by atoms with Gasteiger partial charge in [0.1, 0.15) is 11.5 Å². The summed E-state index contributed by atoms with van der Waals surface area (Å²) in [5.41, 5.74) is 9.82. The maximum Gasteiger partial charge on any atom is 0.119 e. The van der Waals surface area contributed by atoms with Gasteiger partial charge in [-0.15, -0.1) is 0 Å². The van der Waals surface area contributed by atoms with Crippen LogP contribution in [-0.4, -0.2) is 20.3 Å². The summed E-state index contributed by atoms with van der Waals surface area (Å²) in [5.74, 6) is 2.63. The highest BCUT2D eigenvalue weighted by molar-refractivity contribution is 5.38. The fourth-order valence-electron chi connectivity index (χ4n) is 2.86. The normalized spacial score (nSPS) is 12.2. The summed E-state index contributed by atoms with van der Waals surface area (Å²) in [4.78, 5) is 0. The Morgan fingerprint density at radius 1 is 1.04 bits per heavy atom. The van der Waals surface area contributed by atoms with Crippen molar-refractivity contribution in [2.75, 3.05) is 20.3 Å². The van der Waals surface area contributed by atoms with E-state index in [2.05, 4.69) is 51.1 Å². The van der Waals surface area contributed by atoms with Gasteiger partial charge in [0.05, 0.1) is 13.7 Å². The first kappa shape index (κ1) is 18.3. The maximum absolute atomic E-state index is 6.07. The van der Waals surface area contributed by atoms with Gasteiger partial charge < -0.3 is 15.2 Å². The van der Waals surface area contributed by atoms with Gasteiger partial charge in [-0.3, -0.25) is 0 Å². The van der Waals surface area contributed by atoms with E-state index >= 15 is 0 Å². The van der Waals surface area contributed by atoms with Crippen LogP contribution >= 0.6 is 0 Å². The van der Waals surface area contributed by atoms with E-state index in [1.807, 2.05) is 12.1 Å². The van der Waals surface area contributed by atoms with Crippen molar-refractivity contribution in [3.05, 3.63) is 59.2 Å². The molecule has 2 aromatic rings. The number of methoxy groups -OCH3 is 1. The zero-order chi connectivity index (χ0) is 17.5. The van der Waals surface area contributed by atoms with E-state index in [1.165, 1.54) is 16.7 Å². The van der Waals surface area contributed by atoms with Gasteiger partial charge in [0.15, 0.2) is 0 Å². The topological polar surface area (TPSA) is 44.5 Å². The lowest BCUT2D eigenvalue weighted by Gasteiger charge is -2.19. The molecule has 0 bridgehead atoms. The van der Waals surface area contributed by atoms with Gasteiger partial charge in [0.2, 0.25) is 0 Å². The molecule has 3 nitrogen and oxygen atoms in total. The molecule has 1 atom stereocenters. The zero-order valence-electron chi connectivity index (χ0n) is 15.2. The Labute approximate surface area is 145 Å². The minimum atomic E-state index is 0.288. The molecule has 130 valence electrons. The summed E-state index contributed by atoms with van der Waals surface area (Å²) in [5, 5.41) is 0. The molecule has 2 rings (SSSR count). The van der Waals surface area contributed by atoms with E-state index in [-0.39, 0.29) is 5.92 Å². The Morgan fingerprint density at radius 2 is 1.83 bits per heavy atom. The summed E-state index contributed by atoms with van der Waals surface area (Å²) < 4.78 is 11.1. The maximum atomic E-state index is 6.07. The molecule has 0 radical (unpaired) electrons. The fraction of sp³-hybridized carbons (Fsp3) is 0.429. The standard InChI is InChI=1S/C21H29NO2/c1-15(2)14-24-20-7-5-6-17(12-20)11-18(13-22)21-9-8-19(23-4)10-16(21)3/h5-10,12,15,18H,11,13-14,22H2,1-4H3. The number of hydrogen-bond donors (Lipinski definition) is 1. The Bertz CT molecular complexity index is 652. The summed E-state index contributed by atoms with van der Waals surface area (Å²) in [6.45, 7) is 7.77. The molecule has 1 unspecified atom stereocenters. The van der Waals surface area contributed by atoms with Crippen LogP contribution in [0.3, 0.4) is 0 Å². The van der Waals surface area contributed by atoms with Crippen molar-refractivity contribution < 1.29 is 9.47 Å². The number of nitrogens with two attached hydrogens (primary N) is 1. The summed E-state index contributed by atoms with van der Waals surface area (Å²) >= 11 is 0. The highest BCUT2D eigenvalue weighted by Crippen LogP contribution is 2.27. The second-order valence-corrected chi connectivity index (χ2v) is 6.71. The fourth-order valence-corrected chi connectivity index (χ4v) is 2.86. The Kier molecular flexibility index (Phi) is 6.68. The molecular formula is C21H29NO2. The van der Waals surface area contributed by atoms with Crippen LogP contribution < -0.4 is 15.2 Å². The SMILES string of the molecule is COc1ccc(C(CN)Cc2cccc(OCC(C)C)c2)c(C)c1. The molecule has 2 aromatic carbocycles. The predicted molar refractivity (Wildman–Crippen MR) is 100 cm³/mol. The average molecular weight is 327 g/mol. The molecule has 3 heteroatoms. The van der Waals surface area contributed by atoms with Gasteiger partial charge >= 0.3 is 0 Å². The number of hydrogen-bond acceptors (Lipinski definition) is 3. The van der Waals surface area contributed by atoms with Crippen LogP contribution in [0.4, 0.5) is 0 Å². The smallest absolute Gasteiger partial charge is 0.119 e. The van der Waals surface area contributed by atoms with Crippen LogP contribution in [-0.2, 0) is 6.42 Å². The lowest BCUT2D eigenvalue weighted by Crippen LogP contribution is -2.16. The highest BCUT2D eigenvalue weighted by atomic mass is 16.5. The molecule has 0 spiro atoms. The molecule has 0 saturated carbocycles. The lowest BCUT2D eigenvalue weighted by molar-refractivity contribution is 0.271. The Hall–Kier alpha value is -2.00. The predicted octanol–water partition coefficient (Wildman–Crippen LogP) is 4.32. The Morgan fingerprint density at radius 3 is 2.46 bits per heavy atom. The molecule has 0 heterocycles. The van der Waals surface area contributed by atoms with Crippen LogP contribution in [0, 0.1) is 12.8 Å². The first-order chi connectivity index (χ1) is 11.5. The molecule has 0 fully saturated rings. The van der Waals surface area contributed by atoms with Crippen molar-refractivity contribution in [3.63, 3.8) is 0 Å². The zero-order valence-corrected chi connectivity index (χ0v) is 15.2. The second-order valence-electron chi connectivity index (χ2n) is 6.71. The lowest BCUT2D eigenvalue weighted by atomic mass is 9.89. The van der Waals surface area contributed by atoms with E-state index < -0.39 is 0 Å². The highest BCUT2D eigenvalue weighted by Gasteiger charge is 2.14. The molecule has 0 aliphatic carbocycles. The molecule has 2 N–H and O–H groups in total. The molecular weight excluding hydrogens is 298 g/mol. The monoisotopic (exact) mass is 327 g/mol. The molecule has 0 aliphatic heterocycles. The minimum absolute atomic E-state index is 0.288. The van der Waals surface area contributed by atoms with E-state index in [0.29, 0.717) is 12.5 Å². The van der Waals surface area contributed by atoms with Gasteiger partial charge in [0, 0.05) is 5.92 Å². The van der Waals surface area contributed by atoms with Crippen LogP contribution in [0.5, 0.6) is 11.5 Å². The van der Waals surface area contributed by atoms with Gasteiger partial charge in [-0.25, -0.2) is 0 Å². The average Bonchev–Trinajstić information content (AvgIpc) is 2.58. The van der Waals surface area contributed by atoms with Crippen LogP contribution in [0.2, 0.25) is 0 Å². The third-order valence-corrected chi connectivity index (χ3v) is 4.17. The summed E-state index contributed by atoms with van der Waals surface area (Å²) in [7, 11) is 1.69.